The summed E-state index contributed by atoms with van der Waals surface area (Å²) in [5, 5.41) is 47.8. The SMILES string of the molecule is COc1cccc2c1C(=O)c1c(O)c3c(c(O)c1C2=O)C[C@@](O)(C(=O)CSC[C@H](NC(C)=O)C(N)=O)CC3OC1CC(N)C(O)C(C)O1. The van der Waals surface area contributed by atoms with Crippen molar-refractivity contribution in [3.05, 3.63) is 51.6 Å². The third-order valence-corrected chi connectivity index (χ3v) is 9.94. The highest BCUT2D eigenvalue weighted by Gasteiger charge is 2.50. The van der Waals surface area contributed by atoms with Crippen LogP contribution in [0.3, 0.4) is 0 Å². The monoisotopic (exact) mass is 687 g/mol. The summed E-state index contributed by atoms with van der Waals surface area (Å²) in [4.78, 5) is 64.4. The van der Waals surface area contributed by atoms with Crippen molar-refractivity contribution in [1.82, 2.24) is 5.32 Å². The molecule has 0 saturated carbocycles. The molecule has 2 aromatic rings. The number of methoxy groups -OCH3 is 1. The Balaban J connectivity index is 1.56. The summed E-state index contributed by atoms with van der Waals surface area (Å²) in [7, 11) is 1.31. The van der Waals surface area contributed by atoms with Crippen LogP contribution in [0.25, 0.3) is 0 Å². The first-order chi connectivity index (χ1) is 22.6. The number of hydrogen-bond acceptors (Lipinski definition) is 14. The molecule has 2 aromatic carbocycles. The highest BCUT2D eigenvalue weighted by molar-refractivity contribution is 8.00. The summed E-state index contributed by atoms with van der Waals surface area (Å²) in [5.74, 6) is -5.44. The molecule has 1 heterocycles. The largest absolute Gasteiger partial charge is 0.507 e. The number of carbonyl (C=O) groups excluding carboxylic acids is 5. The van der Waals surface area contributed by atoms with E-state index in [1.165, 1.54) is 32.2 Å². The number of rotatable bonds is 10. The first kappa shape index (κ1) is 35.3. The van der Waals surface area contributed by atoms with Gasteiger partial charge in [0.25, 0.3) is 0 Å². The van der Waals surface area contributed by atoms with Crippen molar-refractivity contribution >= 4 is 40.9 Å². The predicted octanol–water partition coefficient (Wildman–Crippen LogP) is -0.268. The number of benzene rings is 2. The van der Waals surface area contributed by atoms with Gasteiger partial charge in [0.05, 0.1) is 47.9 Å². The van der Waals surface area contributed by atoms with Crippen molar-refractivity contribution in [2.24, 2.45) is 11.5 Å². The first-order valence-electron chi connectivity index (χ1n) is 15.1. The van der Waals surface area contributed by atoms with Gasteiger partial charge in [0.15, 0.2) is 17.9 Å². The average molecular weight is 688 g/mol. The van der Waals surface area contributed by atoms with E-state index in [2.05, 4.69) is 5.32 Å². The van der Waals surface area contributed by atoms with E-state index in [1.807, 2.05) is 0 Å². The molecule has 15 nitrogen and oxygen atoms in total. The van der Waals surface area contributed by atoms with Crippen molar-refractivity contribution in [2.45, 2.75) is 75.4 Å². The lowest BCUT2D eigenvalue weighted by atomic mass is 9.72. The number of thioether (sulfide) groups is 1. The van der Waals surface area contributed by atoms with E-state index < -0.39 is 107 Å². The standard InChI is InChI=1S/C32H37N3O12S/c1-12-26(38)16(33)7-21(46-12)47-19-9-32(44,20(37)11-48-10-17(31(34)43)35-13(2)36)8-15-23(19)30(42)25-24(28(15)40)27(39)14-5-4-6-18(45-3)22(14)29(25)41/h4-6,12,16-17,19,21,26,38,40,42,44H,7-11,33H2,1-3H3,(H2,34,43)(H,35,36)/t12?,16?,17-,19?,21?,26?,32-/m0/s1. The van der Waals surface area contributed by atoms with Gasteiger partial charge in [0.1, 0.15) is 28.9 Å². The van der Waals surface area contributed by atoms with Gasteiger partial charge < -0.3 is 51.4 Å². The van der Waals surface area contributed by atoms with Crippen molar-refractivity contribution in [3.63, 3.8) is 0 Å². The van der Waals surface area contributed by atoms with Gasteiger partial charge in [0.2, 0.25) is 17.6 Å². The molecule has 16 heteroatoms. The van der Waals surface area contributed by atoms with Crippen LogP contribution in [-0.2, 0) is 30.3 Å². The second-order valence-corrected chi connectivity index (χ2v) is 13.2. The van der Waals surface area contributed by atoms with Crippen LogP contribution in [0.5, 0.6) is 17.2 Å². The van der Waals surface area contributed by atoms with Gasteiger partial charge in [-0.05, 0) is 13.0 Å². The minimum absolute atomic E-state index is 0.0170. The Morgan fingerprint density at radius 3 is 2.46 bits per heavy atom. The number of fused-ring (bicyclic) bond motifs is 3. The van der Waals surface area contributed by atoms with Crippen LogP contribution in [0.15, 0.2) is 18.2 Å². The summed E-state index contributed by atoms with van der Waals surface area (Å²) in [6.07, 6.45) is -5.35. The topological polar surface area (TPSA) is 258 Å². The molecule has 0 radical (unpaired) electrons. The molecule has 48 heavy (non-hydrogen) atoms. The van der Waals surface area contributed by atoms with Crippen LogP contribution in [-0.4, -0.2) is 104 Å². The van der Waals surface area contributed by atoms with Crippen LogP contribution < -0.4 is 21.5 Å². The molecule has 3 aliphatic rings. The predicted molar refractivity (Wildman–Crippen MR) is 169 cm³/mol. The Morgan fingerprint density at radius 2 is 1.83 bits per heavy atom. The van der Waals surface area contributed by atoms with Crippen LogP contribution in [0.2, 0.25) is 0 Å². The van der Waals surface area contributed by atoms with E-state index in [-0.39, 0.29) is 45.9 Å². The first-order valence-corrected chi connectivity index (χ1v) is 16.3. The summed E-state index contributed by atoms with van der Waals surface area (Å²) in [6, 6.07) is 2.49. The molecule has 2 aliphatic carbocycles. The lowest BCUT2D eigenvalue weighted by Gasteiger charge is -2.42. The molecule has 258 valence electrons. The molecule has 9 N–H and O–H groups in total. The van der Waals surface area contributed by atoms with E-state index >= 15 is 0 Å². The molecule has 0 aromatic heterocycles. The third-order valence-electron chi connectivity index (χ3n) is 8.90. The summed E-state index contributed by atoms with van der Waals surface area (Å²) in [5.41, 5.74) is 7.67. The minimum atomic E-state index is -2.25. The number of phenols is 2. The molecule has 0 bridgehead atoms. The Morgan fingerprint density at radius 1 is 1.15 bits per heavy atom. The van der Waals surface area contributed by atoms with Crippen LogP contribution in [0.1, 0.15) is 75.8 Å². The van der Waals surface area contributed by atoms with Crippen molar-refractivity contribution in [2.75, 3.05) is 18.6 Å². The van der Waals surface area contributed by atoms with Gasteiger partial charge in [-0.2, -0.15) is 11.8 Å². The van der Waals surface area contributed by atoms with Crippen LogP contribution in [0, 0.1) is 0 Å². The average Bonchev–Trinajstić information content (AvgIpc) is 3.02. The summed E-state index contributed by atoms with van der Waals surface area (Å²) in [6.45, 7) is 2.77. The molecule has 2 amide bonds. The number of nitrogens with one attached hydrogen (secondary N) is 1. The van der Waals surface area contributed by atoms with E-state index in [0.29, 0.717) is 0 Å². The van der Waals surface area contributed by atoms with Gasteiger partial charge in [-0.15, -0.1) is 0 Å². The number of hydrogen-bond donors (Lipinski definition) is 7. The number of aromatic hydroxyl groups is 2. The molecule has 1 aliphatic heterocycles. The lowest BCUT2D eigenvalue weighted by molar-refractivity contribution is -0.247. The Kier molecular flexibility index (Phi) is 9.88. The fraction of sp³-hybridized carbons (Fsp3) is 0.469. The zero-order valence-electron chi connectivity index (χ0n) is 26.3. The fourth-order valence-electron chi connectivity index (χ4n) is 6.45. The molecular weight excluding hydrogens is 650 g/mol. The molecule has 5 rings (SSSR count). The normalized spacial score (nSPS) is 26.9. The molecule has 1 fully saturated rings. The van der Waals surface area contributed by atoms with E-state index in [9.17, 15) is 44.4 Å². The third kappa shape index (κ3) is 6.26. The maximum Gasteiger partial charge on any atom is 0.240 e. The second-order valence-electron chi connectivity index (χ2n) is 12.2. The summed E-state index contributed by atoms with van der Waals surface area (Å²) >= 11 is 0.920. The Bertz CT molecular complexity index is 1690. The smallest absolute Gasteiger partial charge is 0.240 e. The van der Waals surface area contributed by atoms with Crippen molar-refractivity contribution in [3.8, 4) is 17.2 Å². The Hall–Kier alpha value is -4.06. The zero-order valence-corrected chi connectivity index (χ0v) is 27.2. The number of ketones is 3. The lowest BCUT2D eigenvalue weighted by Crippen LogP contribution is -2.53. The van der Waals surface area contributed by atoms with Crippen LogP contribution >= 0.6 is 11.8 Å². The van der Waals surface area contributed by atoms with Crippen molar-refractivity contribution in [1.29, 1.82) is 0 Å². The van der Waals surface area contributed by atoms with Gasteiger partial charge >= 0.3 is 0 Å². The number of nitrogens with two attached hydrogens (primary N) is 2. The quantitative estimate of drug-likeness (QED) is 0.136. The highest BCUT2D eigenvalue weighted by atomic mass is 32.2. The second kappa shape index (κ2) is 13.4. The number of ether oxygens (including phenoxy) is 3. The molecule has 1 saturated heterocycles. The molecular formula is C32H37N3O12S. The van der Waals surface area contributed by atoms with Gasteiger partial charge in [0, 0.05) is 54.7 Å². The number of Topliss-reactive ketones (excluding diaryl/α,β-unsaturated/α-hetero) is 1. The molecule has 0 spiro atoms. The number of amides is 2. The Labute approximate surface area is 278 Å². The van der Waals surface area contributed by atoms with Crippen molar-refractivity contribution < 1.29 is 58.6 Å². The number of aliphatic hydroxyl groups excluding tert-OH is 1. The fourth-order valence-corrected chi connectivity index (χ4v) is 7.50. The number of primary amides is 1. The van der Waals surface area contributed by atoms with E-state index in [0.717, 1.165) is 11.8 Å². The highest BCUT2D eigenvalue weighted by Crippen LogP contribution is 2.52. The zero-order chi connectivity index (χ0) is 35.2. The number of carbonyl (C=O) groups is 5. The summed E-state index contributed by atoms with van der Waals surface area (Å²) < 4.78 is 17.3. The van der Waals surface area contributed by atoms with Gasteiger partial charge in [-0.3, -0.25) is 24.0 Å². The number of aliphatic hydroxyl groups is 2. The number of phenolic OH excluding ortho intramolecular Hbond substituents is 2. The maximum atomic E-state index is 13.9. The van der Waals surface area contributed by atoms with E-state index in [4.69, 9.17) is 25.7 Å². The van der Waals surface area contributed by atoms with Gasteiger partial charge in [-0.25, -0.2) is 0 Å². The molecule has 7 atom stereocenters. The van der Waals surface area contributed by atoms with Crippen LogP contribution in [0.4, 0.5) is 0 Å². The van der Waals surface area contributed by atoms with E-state index in [1.54, 1.807) is 6.92 Å². The molecule has 5 unspecified atom stereocenters. The van der Waals surface area contributed by atoms with Gasteiger partial charge in [-0.1, -0.05) is 12.1 Å². The minimum Gasteiger partial charge on any atom is -0.507 e. The maximum absolute atomic E-state index is 13.9.